The first-order valence-electron chi connectivity index (χ1n) is 6.55. The van der Waals surface area contributed by atoms with Crippen molar-refractivity contribution in [2.24, 2.45) is 0 Å². The van der Waals surface area contributed by atoms with Crippen LogP contribution in [0.15, 0.2) is 30.3 Å². The molecule has 0 radical (unpaired) electrons. The Balaban J connectivity index is 2.86. The maximum absolute atomic E-state index is 5.81. The quantitative estimate of drug-likeness (QED) is 0.449. The second kappa shape index (κ2) is 7.99. The largest absolute Gasteiger partial charge is 0.394 e. The van der Waals surface area contributed by atoms with Gasteiger partial charge in [0, 0.05) is 19.1 Å². The molecule has 0 heterocycles. The normalized spacial score (nSPS) is 13.6. The van der Waals surface area contributed by atoms with Crippen molar-refractivity contribution < 1.29 is 8.85 Å². The second-order valence-electron chi connectivity index (χ2n) is 4.45. The van der Waals surface area contributed by atoms with Crippen molar-refractivity contribution in [3.8, 4) is 0 Å². The Morgan fingerprint density at radius 2 is 1.72 bits per heavy atom. The van der Waals surface area contributed by atoms with E-state index in [0.29, 0.717) is 0 Å². The van der Waals surface area contributed by atoms with Crippen LogP contribution in [-0.4, -0.2) is 27.7 Å². The second-order valence-corrected chi connectivity index (χ2v) is 8.99. The average molecular weight is 284 g/mol. The molecule has 1 rings (SSSR count). The van der Waals surface area contributed by atoms with Gasteiger partial charge in [-0.25, -0.2) is 0 Å². The van der Waals surface area contributed by atoms with Crippen molar-refractivity contribution in [1.29, 1.82) is 0 Å². The van der Waals surface area contributed by atoms with E-state index in [-0.39, 0.29) is 4.87 Å². The Hall–Kier alpha value is -0.293. The van der Waals surface area contributed by atoms with Crippen LogP contribution in [0, 0.1) is 0 Å². The third-order valence-electron chi connectivity index (χ3n) is 3.30. The maximum atomic E-state index is 5.81. The summed E-state index contributed by atoms with van der Waals surface area (Å²) in [7, 11) is 1.07. The van der Waals surface area contributed by atoms with Gasteiger partial charge >= 0.3 is 8.56 Å². The molecule has 102 valence electrons. The third-order valence-corrected chi connectivity index (χ3v) is 8.10. The smallest absolute Gasteiger partial charge is 0.385 e. The minimum Gasteiger partial charge on any atom is -0.394 e. The molecule has 0 fully saturated rings. The zero-order valence-electron chi connectivity index (χ0n) is 11.6. The predicted octanol–water partition coefficient (Wildman–Crippen LogP) is 3.05. The lowest BCUT2D eigenvalue weighted by Gasteiger charge is -2.32. The third kappa shape index (κ3) is 3.60. The molecule has 18 heavy (non-hydrogen) atoms. The first kappa shape index (κ1) is 15.8. The van der Waals surface area contributed by atoms with Crippen molar-refractivity contribution in [3.63, 3.8) is 0 Å². The van der Waals surface area contributed by atoms with Crippen LogP contribution in [0.1, 0.15) is 32.6 Å². The van der Waals surface area contributed by atoms with Crippen LogP contribution in [0.2, 0.25) is 0 Å². The summed E-state index contributed by atoms with van der Waals surface area (Å²) in [6.45, 7) is 2.21. The summed E-state index contributed by atoms with van der Waals surface area (Å²) < 4.78 is 11.6. The molecule has 0 aliphatic rings. The number of unbranched alkanes of at least 4 members (excludes halogenated alkanes) is 2. The van der Waals surface area contributed by atoms with Crippen molar-refractivity contribution in [3.05, 3.63) is 30.3 Å². The minimum absolute atomic E-state index is 0.168. The summed E-state index contributed by atoms with van der Waals surface area (Å²) in [5.41, 5.74) is 0. The van der Waals surface area contributed by atoms with Gasteiger partial charge in [0.2, 0.25) is 0 Å². The number of thiol groups is 1. The molecule has 2 nitrogen and oxygen atoms in total. The number of hydrogen-bond acceptors (Lipinski definition) is 3. The zero-order valence-corrected chi connectivity index (χ0v) is 13.5. The number of hydrogen-bond donors (Lipinski definition) is 1. The highest BCUT2D eigenvalue weighted by Crippen LogP contribution is 2.22. The summed E-state index contributed by atoms with van der Waals surface area (Å²) in [6, 6.07) is 10.2. The highest BCUT2D eigenvalue weighted by atomic mass is 32.1. The molecule has 4 heteroatoms. The molecule has 0 bridgehead atoms. The molecule has 0 aromatic heterocycles. The van der Waals surface area contributed by atoms with Crippen molar-refractivity contribution >= 4 is 26.4 Å². The summed E-state index contributed by atoms with van der Waals surface area (Å²) in [5.74, 6) is 0. The molecule has 1 aromatic rings. The van der Waals surface area contributed by atoms with Crippen LogP contribution in [0.3, 0.4) is 0 Å². The molecule has 0 saturated carbocycles. The predicted molar refractivity (Wildman–Crippen MR) is 82.8 cm³/mol. The molecule has 0 aliphatic carbocycles. The highest BCUT2D eigenvalue weighted by Gasteiger charge is 2.44. The molecule has 1 aromatic carbocycles. The van der Waals surface area contributed by atoms with E-state index >= 15 is 0 Å². The zero-order chi connectivity index (χ0) is 13.4. The lowest BCUT2D eigenvalue weighted by molar-refractivity contribution is 0.253. The Kier molecular flexibility index (Phi) is 7.00. The van der Waals surface area contributed by atoms with E-state index in [4.69, 9.17) is 21.5 Å². The van der Waals surface area contributed by atoms with E-state index in [1.807, 2.05) is 18.2 Å². The van der Waals surface area contributed by atoms with E-state index in [1.54, 1.807) is 14.2 Å². The molecule has 0 amide bonds. The summed E-state index contributed by atoms with van der Waals surface area (Å²) >= 11 is 4.77. The first-order chi connectivity index (χ1) is 8.71. The molecular formula is C14H24O2SSi. The van der Waals surface area contributed by atoms with Gasteiger partial charge in [-0.15, -0.1) is 0 Å². The molecular weight excluding hydrogens is 260 g/mol. The van der Waals surface area contributed by atoms with Crippen LogP contribution in [0.4, 0.5) is 0 Å². The van der Waals surface area contributed by atoms with Crippen LogP contribution < -0.4 is 5.19 Å². The van der Waals surface area contributed by atoms with Gasteiger partial charge in [-0.05, 0) is 11.6 Å². The van der Waals surface area contributed by atoms with Gasteiger partial charge in [0.1, 0.15) is 0 Å². The minimum atomic E-state index is -2.41. The van der Waals surface area contributed by atoms with E-state index < -0.39 is 8.56 Å². The molecule has 1 atom stereocenters. The van der Waals surface area contributed by atoms with Gasteiger partial charge in [0.25, 0.3) is 0 Å². The van der Waals surface area contributed by atoms with E-state index in [2.05, 4.69) is 19.1 Å². The monoisotopic (exact) mass is 284 g/mol. The standard InChI is InChI=1S/C14H24O2SSi/c1-4-5-7-12-14(17)18(15-2,16-3)13-10-8-6-9-11-13/h6,8-11,14,17H,4-5,7,12H2,1-3H3. The van der Waals surface area contributed by atoms with Crippen LogP contribution in [0.5, 0.6) is 0 Å². The molecule has 1 unspecified atom stereocenters. The highest BCUT2D eigenvalue weighted by molar-refractivity contribution is 7.83. The van der Waals surface area contributed by atoms with Crippen molar-refractivity contribution in [1.82, 2.24) is 0 Å². The maximum Gasteiger partial charge on any atom is 0.385 e. The van der Waals surface area contributed by atoms with E-state index in [0.717, 1.165) is 11.6 Å². The fraction of sp³-hybridized carbons (Fsp3) is 0.571. The Morgan fingerprint density at radius 3 is 2.22 bits per heavy atom. The Labute approximate surface area is 117 Å². The van der Waals surface area contributed by atoms with Crippen LogP contribution in [0.25, 0.3) is 0 Å². The van der Waals surface area contributed by atoms with E-state index in [1.165, 1.54) is 19.3 Å². The number of benzene rings is 1. The molecule has 0 N–H and O–H groups in total. The number of rotatable bonds is 8. The van der Waals surface area contributed by atoms with Gasteiger partial charge < -0.3 is 8.85 Å². The van der Waals surface area contributed by atoms with Crippen LogP contribution >= 0.6 is 12.6 Å². The fourth-order valence-electron chi connectivity index (χ4n) is 2.23. The molecule has 0 saturated heterocycles. The summed E-state index contributed by atoms with van der Waals surface area (Å²) in [6.07, 6.45) is 4.68. The van der Waals surface area contributed by atoms with Gasteiger partial charge in [0.05, 0.1) is 0 Å². The van der Waals surface area contributed by atoms with Gasteiger partial charge in [-0.1, -0.05) is 56.5 Å². The summed E-state index contributed by atoms with van der Waals surface area (Å²) in [5, 5.41) is 1.16. The van der Waals surface area contributed by atoms with Crippen molar-refractivity contribution in [2.75, 3.05) is 14.2 Å². The fourth-order valence-corrected chi connectivity index (χ4v) is 6.30. The van der Waals surface area contributed by atoms with Crippen molar-refractivity contribution in [2.45, 2.75) is 37.5 Å². The lowest BCUT2D eigenvalue weighted by Crippen LogP contribution is -2.60. The molecule has 0 aliphatic heterocycles. The SMILES string of the molecule is CCCCCC(S)[Si](OC)(OC)c1ccccc1. The first-order valence-corrected chi connectivity index (χ1v) is 8.96. The average Bonchev–Trinajstić information content (AvgIpc) is 2.42. The topological polar surface area (TPSA) is 18.5 Å². The lowest BCUT2D eigenvalue weighted by atomic mass is 10.2. The molecule has 0 spiro atoms. The van der Waals surface area contributed by atoms with Crippen LogP contribution in [-0.2, 0) is 8.85 Å². The Morgan fingerprint density at radius 1 is 1.11 bits per heavy atom. The Bertz CT molecular complexity index is 328. The van der Waals surface area contributed by atoms with Gasteiger partial charge in [-0.3, -0.25) is 0 Å². The summed E-state index contributed by atoms with van der Waals surface area (Å²) in [4.78, 5) is 0.168. The van der Waals surface area contributed by atoms with Gasteiger partial charge in [0.15, 0.2) is 0 Å². The van der Waals surface area contributed by atoms with E-state index in [9.17, 15) is 0 Å². The van der Waals surface area contributed by atoms with Gasteiger partial charge in [-0.2, -0.15) is 12.6 Å².